The summed E-state index contributed by atoms with van der Waals surface area (Å²) in [5.74, 6) is -0.254. The number of ether oxygens (including phenoxy) is 2. The molecule has 1 amide bonds. The highest BCUT2D eigenvalue weighted by Gasteiger charge is 2.41. The van der Waals surface area contributed by atoms with Crippen molar-refractivity contribution in [2.45, 2.75) is 31.1 Å². The first-order valence-corrected chi connectivity index (χ1v) is 10.8. The molecule has 3 saturated heterocycles. The fourth-order valence-electron chi connectivity index (χ4n) is 3.80. The Balaban J connectivity index is 1.39. The third-order valence-electron chi connectivity index (χ3n) is 5.21. The Morgan fingerprint density at radius 1 is 1.23 bits per heavy atom. The van der Waals surface area contributed by atoms with Gasteiger partial charge in [-0.1, -0.05) is 0 Å². The topological polar surface area (TPSA) is 97.8 Å². The summed E-state index contributed by atoms with van der Waals surface area (Å²) in [5.41, 5.74) is 1.17. The molecule has 1 N–H and O–H groups in total. The number of sulfone groups is 1. The van der Waals surface area contributed by atoms with Crippen LogP contribution in [0.5, 0.6) is 0 Å². The molecule has 1 atom stereocenters. The van der Waals surface area contributed by atoms with Gasteiger partial charge in [0.2, 0.25) is 0 Å². The van der Waals surface area contributed by atoms with E-state index in [-0.39, 0.29) is 23.5 Å². The number of rotatable bonds is 3. The van der Waals surface area contributed by atoms with E-state index in [1.54, 1.807) is 23.4 Å². The second-order valence-corrected chi connectivity index (χ2v) is 9.34. The number of pyridine rings is 1. The third-order valence-corrected chi connectivity index (χ3v) is 6.98. The average molecular weight is 381 g/mol. The number of hydrogen-bond acceptors (Lipinski definition) is 7. The number of carbonyl (C=O) groups excluding carboxylic acids is 1. The van der Waals surface area contributed by atoms with Crippen LogP contribution in [0.25, 0.3) is 0 Å². The van der Waals surface area contributed by atoms with E-state index < -0.39 is 15.6 Å². The second-order valence-electron chi connectivity index (χ2n) is 7.11. The minimum atomic E-state index is -2.95. The first-order valence-electron chi connectivity index (χ1n) is 8.94. The Morgan fingerprint density at radius 2 is 1.96 bits per heavy atom. The van der Waals surface area contributed by atoms with Crippen LogP contribution in [-0.4, -0.2) is 73.8 Å². The Kier molecular flexibility index (Phi) is 4.62. The van der Waals surface area contributed by atoms with Gasteiger partial charge in [0, 0.05) is 44.4 Å². The van der Waals surface area contributed by atoms with Crippen LogP contribution in [0.1, 0.15) is 29.6 Å². The Hall–Kier alpha value is -1.71. The van der Waals surface area contributed by atoms with Gasteiger partial charge >= 0.3 is 0 Å². The first-order chi connectivity index (χ1) is 12.4. The normalized spacial score (nSPS) is 26.9. The maximum absolute atomic E-state index is 12.8. The highest BCUT2D eigenvalue weighted by Crippen LogP contribution is 2.31. The summed E-state index contributed by atoms with van der Waals surface area (Å²) in [6.45, 7) is 2.39. The molecule has 8 nitrogen and oxygen atoms in total. The van der Waals surface area contributed by atoms with Gasteiger partial charge in [-0.15, -0.1) is 0 Å². The Labute approximate surface area is 152 Å². The molecule has 4 heterocycles. The number of amides is 1. The van der Waals surface area contributed by atoms with Crippen molar-refractivity contribution in [2.75, 3.05) is 43.1 Å². The molecule has 3 aliphatic rings. The highest BCUT2D eigenvalue weighted by molar-refractivity contribution is 7.91. The van der Waals surface area contributed by atoms with Crippen molar-refractivity contribution < 1.29 is 22.7 Å². The van der Waals surface area contributed by atoms with E-state index in [1.807, 2.05) is 0 Å². The van der Waals surface area contributed by atoms with Gasteiger partial charge in [-0.2, -0.15) is 0 Å². The molecule has 3 aliphatic heterocycles. The van der Waals surface area contributed by atoms with Gasteiger partial charge in [0.25, 0.3) is 5.91 Å². The zero-order valence-corrected chi connectivity index (χ0v) is 15.3. The summed E-state index contributed by atoms with van der Waals surface area (Å²) in [5, 5.41) is 3.18. The number of hydrogen-bond donors (Lipinski definition) is 1. The zero-order chi connectivity index (χ0) is 18.2. The van der Waals surface area contributed by atoms with Crippen molar-refractivity contribution in [2.24, 2.45) is 0 Å². The van der Waals surface area contributed by atoms with Crippen LogP contribution in [0.3, 0.4) is 0 Å². The molecule has 1 spiro atoms. The van der Waals surface area contributed by atoms with Crippen molar-refractivity contribution >= 4 is 21.4 Å². The van der Waals surface area contributed by atoms with Crippen LogP contribution < -0.4 is 5.32 Å². The van der Waals surface area contributed by atoms with Crippen molar-refractivity contribution in [1.29, 1.82) is 0 Å². The molecule has 0 aliphatic carbocycles. The Morgan fingerprint density at radius 3 is 2.62 bits per heavy atom. The van der Waals surface area contributed by atoms with Crippen LogP contribution in [0, 0.1) is 0 Å². The predicted octanol–water partition coefficient (Wildman–Crippen LogP) is 0.660. The van der Waals surface area contributed by atoms with E-state index in [0.717, 1.165) is 0 Å². The number of likely N-dealkylation sites (tertiary alicyclic amines) is 1. The molecule has 26 heavy (non-hydrogen) atoms. The number of aromatic nitrogens is 1. The minimum Gasteiger partial charge on any atom is -0.380 e. The van der Waals surface area contributed by atoms with E-state index in [9.17, 15) is 13.2 Å². The summed E-state index contributed by atoms with van der Waals surface area (Å²) < 4.78 is 34.6. The summed E-state index contributed by atoms with van der Waals surface area (Å²) >= 11 is 0. The van der Waals surface area contributed by atoms with Crippen LogP contribution >= 0.6 is 0 Å². The van der Waals surface area contributed by atoms with E-state index in [1.165, 1.54) is 0 Å². The molecular weight excluding hydrogens is 358 g/mol. The standard InChI is InChI=1S/C17H23N3O5S/c21-16(20-4-2-17(3-5-20)24-6-7-25-17)13-9-15(11-18-10-13)19-14-1-8-26(22,23)12-14/h9-11,14,19H,1-8,12H2. The fourth-order valence-corrected chi connectivity index (χ4v) is 5.47. The molecule has 9 heteroatoms. The molecule has 4 rings (SSSR count). The van der Waals surface area contributed by atoms with E-state index >= 15 is 0 Å². The summed E-state index contributed by atoms with van der Waals surface area (Å²) in [7, 11) is -2.95. The lowest BCUT2D eigenvalue weighted by molar-refractivity contribution is -0.181. The molecule has 0 bridgehead atoms. The second kappa shape index (κ2) is 6.79. The lowest BCUT2D eigenvalue weighted by Gasteiger charge is -2.37. The largest absolute Gasteiger partial charge is 0.380 e. The monoisotopic (exact) mass is 381 g/mol. The lowest BCUT2D eigenvalue weighted by atomic mass is 10.0. The summed E-state index contributed by atoms with van der Waals surface area (Å²) in [6.07, 6.45) is 5.09. The third kappa shape index (κ3) is 3.70. The van der Waals surface area contributed by atoms with Crippen LogP contribution in [-0.2, 0) is 19.3 Å². The van der Waals surface area contributed by atoms with Gasteiger partial charge in [-0.05, 0) is 12.5 Å². The zero-order valence-electron chi connectivity index (χ0n) is 14.5. The van der Waals surface area contributed by atoms with E-state index in [4.69, 9.17) is 9.47 Å². The fraction of sp³-hybridized carbons (Fsp3) is 0.647. The predicted molar refractivity (Wildman–Crippen MR) is 94.7 cm³/mol. The maximum atomic E-state index is 12.8. The first kappa shape index (κ1) is 17.7. The van der Waals surface area contributed by atoms with E-state index in [0.29, 0.717) is 56.8 Å². The van der Waals surface area contributed by atoms with Gasteiger partial charge in [-0.3, -0.25) is 9.78 Å². The van der Waals surface area contributed by atoms with Gasteiger partial charge in [0.05, 0.1) is 36.0 Å². The molecule has 3 fully saturated rings. The molecule has 0 aromatic carbocycles. The van der Waals surface area contributed by atoms with Crippen molar-refractivity contribution in [3.8, 4) is 0 Å². The summed E-state index contributed by atoms with van der Waals surface area (Å²) in [4.78, 5) is 18.7. The van der Waals surface area contributed by atoms with Crippen LogP contribution in [0.2, 0.25) is 0 Å². The van der Waals surface area contributed by atoms with Crippen molar-refractivity contribution in [3.63, 3.8) is 0 Å². The average Bonchev–Trinajstić information content (AvgIpc) is 3.21. The van der Waals surface area contributed by atoms with Gasteiger partial charge in [-0.25, -0.2) is 8.42 Å². The molecule has 0 radical (unpaired) electrons. The number of nitrogens with one attached hydrogen (secondary N) is 1. The molecular formula is C17H23N3O5S. The smallest absolute Gasteiger partial charge is 0.255 e. The molecule has 142 valence electrons. The quantitative estimate of drug-likeness (QED) is 0.821. The molecule has 0 saturated carbocycles. The van der Waals surface area contributed by atoms with Crippen molar-refractivity contribution in [1.82, 2.24) is 9.88 Å². The van der Waals surface area contributed by atoms with Crippen LogP contribution in [0.15, 0.2) is 18.5 Å². The maximum Gasteiger partial charge on any atom is 0.255 e. The number of anilines is 1. The van der Waals surface area contributed by atoms with Gasteiger partial charge < -0.3 is 19.7 Å². The lowest BCUT2D eigenvalue weighted by Crippen LogP contribution is -2.47. The van der Waals surface area contributed by atoms with E-state index in [2.05, 4.69) is 10.3 Å². The summed E-state index contributed by atoms with van der Waals surface area (Å²) in [6, 6.07) is 1.62. The SMILES string of the molecule is O=C(c1cncc(NC2CCS(=O)(=O)C2)c1)N1CCC2(CC1)OCCO2. The number of carbonyl (C=O) groups is 1. The number of piperidine rings is 1. The van der Waals surface area contributed by atoms with Crippen molar-refractivity contribution in [3.05, 3.63) is 24.0 Å². The molecule has 1 aromatic heterocycles. The number of nitrogens with zero attached hydrogens (tertiary/aromatic N) is 2. The molecule has 1 unspecified atom stereocenters. The Bertz CT molecular complexity index is 781. The molecule has 1 aromatic rings. The minimum absolute atomic E-state index is 0.0759. The van der Waals surface area contributed by atoms with Gasteiger partial charge in [0.15, 0.2) is 15.6 Å². The van der Waals surface area contributed by atoms with Crippen LogP contribution in [0.4, 0.5) is 5.69 Å². The van der Waals surface area contributed by atoms with Gasteiger partial charge in [0.1, 0.15) is 0 Å². The highest BCUT2D eigenvalue weighted by atomic mass is 32.2.